The molecule has 2 aliphatic rings. The van der Waals surface area contributed by atoms with E-state index in [0.29, 0.717) is 18.5 Å². The van der Waals surface area contributed by atoms with Gasteiger partial charge in [-0.25, -0.2) is 4.68 Å². The molecular weight excluding hydrogens is 444 g/mol. The third-order valence-corrected chi connectivity index (χ3v) is 6.70. The van der Waals surface area contributed by atoms with Crippen molar-refractivity contribution in [2.24, 2.45) is 0 Å². The molecule has 3 amide bonds. The summed E-state index contributed by atoms with van der Waals surface area (Å²) in [7, 11) is 1.65. The molecule has 0 radical (unpaired) electrons. The summed E-state index contributed by atoms with van der Waals surface area (Å²) in [6.45, 7) is 0.336. The zero-order chi connectivity index (χ0) is 24.1. The minimum absolute atomic E-state index is 0.181. The molecule has 4 aromatic rings. The number of rotatable bonds is 4. The molecule has 1 N–H and O–H groups in total. The Morgan fingerprint density at radius 3 is 2.63 bits per heavy atom. The van der Waals surface area contributed by atoms with Gasteiger partial charge in [0.1, 0.15) is 11.8 Å². The number of hydrogen-bond donors (Lipinski definition) is 1. The molecule has 0 aliphatic carbocycles. The molecule has 3 heterocycles. The molecule has 8 heteroatoms. The molecule has 174 valence electrons. The Balaban J connectivity index is 1.26. The number of piperidine rings is 1. The molecule has 1 aromatic heterocycles. The van der Waals surface area contributed by atoms with Crippen molar-refractivity contribution in [1.29, 1.82) is 0 Å². The summed E-state index contributed by atoms with van der Waals surface area (Å²) in [6, 6.07) is 19.0. The number of amides is 3. The average Bonchev–Trinajstić information content (AvgIpc) is 3.48. The first-order chi connectivity index (χ1) is 17.0. The van der Waals surface area contributed by atoms with E-state index in [-0.39, 0.29) is 18.2 Å². The summed E-state index contributed by atoms with van der Waals surface area (Å²) in [5.74, 6) is -0.0631. The van der Waals surface area contributed by atoms with Crippen LogP contribution in [0.15, 0.2) is 66.9 Å². The van der Waals surface area contributed by atoms with E-state index in [1.165, 1.54) is 0 Å². The smallest absolute Gasteiger partial charge is 0.255 e. The van der Waals surface area contributed by atoms with E-state index in [1.54, 1.807) is 18.1 Å². The second kappa shape index (κ2) is 8.09. The van der Waals surface area contributed by atoms with E-state index in [1.807, 2.05) is 59.4 Å². The van der Waals surface area contributed by atoms with Crippen molar-refractivity contribution >= 4 is 28.5 Å². The molecule has 1 fully saturated rings. The number of nitrogens with one attached hydrogen (secondary N) is 1. The van der Waals surface area contributed by atoms with E-state index >= 15 is 0 Å². The Morgan fingerprint density at radius 1 is 0.971 bits per heavy atom. The van der Waals surface area contributed by atoms with Gasteiger partial charge in [0.05, 0.1) is 18.5 Å². The number of imide groups is 1. The lowest BCUT2D eigenvalue weighted by Gasteiger charge is -2.29. The van der Waals surface area contributed by atoms with Crippen LogP contribution >= 0.6 is 0 Å². The second-order valence-electron chi connectivity index (χ2n) is 8.81. The maximum Gasteiger partial charge on any atom is 0.255 e. The SMILES string of the molecule is COc1ccc2cc(-n3ccc(-c4ccc5c(c4)CN(C4CCC(=O)NC4=O)C5=O)n3)ccc2c1. The first-order valence-electron chi connectivity index (χ1n) is 11.4. The van der Waals surface area contributed by atoms with E-state index in [4.69, 9.17) is 9.84 Å². The number of ether oxygens (including phenoxy) is 1. The molecular formula is C27H22N4O4. The minimum Gasteiger partial charge on any atom is -0.497 e. The molecule has 0 spiro atoms. The van der Waals surface area contributed by atoms with Gasteiger partial charge in [-0.3, -0.25) is 19.7 Å². The first-order valence-corrected chi connectivity index (χ1v) is 11.4. The number of hydrogen-bond acceptors (Lipinski definition) is 5. The Kier molecular flexibility index (Phi) is 4.88. The highest BCUT2D eigenvalue weighted by atomic mass is 16.5. The number of benzene rings is 3. The van der Waals surface area contributed by atoms with Crippen LogP contribution < -0.4 is 10.1 Å². The lowest BCUT2D eigenvalue weighted by molar-refractivity contribution is -0.136. The quantitative estimate of drug-likeness (QED) is 0.465. The summed E-state index contributed by atoms with van der Waals surface area (Å²) in [5.41, 5.74) is 4.06. The van der Waals surface area contributed by atoms with Crippen molar-refractivity contribution in [1.82, 2.24) is 20.0 Å². The first kappa shape index (κ1) is 21.1. The average molecular weight is 466 g/mol. The van der Waals surface area contributed by atoms with Gasteiger partial charge in [-0.15, -0.1) is 0 Å². The van der Waals surface area contributed by atoms with Gasteiger partial charge >= 0.3 is 0 Å². The second-order valence-corrected chi connectivity index (χ2v) is 8.81. The van der Waals surface area contributed by atoms with Gasteiger partial charge in [-0.05, 0) is 65.2 Å². The summed E-state index contributed by atoms with van der Waals surface area (Å²) >= 11 is 0. The van der Waals surface area contributed by atoms with Crippen LogP contribution in [0.1, 0.15) is 28.8 Å². The molecule has 1 saturated heterocycles. The maximum absolute atomic E-state index is 12.9. The fourth-order valence-corrected chi connectivity index (χ4v) is 4.84. The number of aromatic nitrogens is 2. The van der Waals surface area contributed by atoms with Crippen LogP contribution in [0.4, 0.5) is 0 Å². The van der Waals surface area contributed by atoms with Crippen molar-refractivity contribution in [3.05, 3.63) is 78.0 Å². The highest BCUT2D eigenvalue weighted by Crippen LogP contribution is 2.31. The Hall–Kier alpha value is -4.46. The van der Waals surface area contributed by atoms with Crippen LogP contribution in [0, 0.1) is 0 Å². The van der Waals surface area contributed by atoms with Crippen LogP contribution in [-0.4, -0.2) is 45.6 Å². The van der Waals surface area contributed by atoms with E-state index in [0.717, 1.165) is 39.0 Å². The predicted octanol–water partition coefficient (Wildman–Crippen LogP) is 3.46. The van der Waals surface area contributed by atoms with Crippen LogP contribution in [0.5, 0.6) is 5.75 Å². The molecule has 35 heavy (non-hydrogen) atoms. The minimum atomic E-state index is -0.622. The Morgan fingerprint density at radius 2 is 1.80 bits per heavy atom. The molecule has 1 atom stereocenters. The summed E-state index contributed by atoms with van der Waals surface area (Å²) in [5, 5.41) is 9.27. The largest absolute Gasteiger partial charge is 0.497 e. The number of nitrogens with zero attached hydrogens (tertiary/aromatic N) is 3. The van der Waals surface area contributed by atoms with E-state index in [2.05, 4.69) is 11.4 Å². The molecule has 1 unspecified atom stereocenters. The highest BCUT2D eigenvalue weighted by Gasteiger charge is 2.39. The molecule has 2 aliphatic heterocycles. The van der Waals surface area contributed by atoms with Gasteiger partial charge in [0.15, 0.2) is 0 Å². The topological polar surface area (TPSA) is 93.5 Å². The molecule has 0 saturated carbocycles. The summed E-state index contributed by atoms with van der Waals surface area (Å²) in [4.78, 5) is 38.3. The van der Waals surface area contributed by atoms with Crippen LogP contribution in [-0.2, 0) is 16.1 Å². The van der Waals surface area contributed by atoms with Crippen molar-refractivity contribution in [3.8, 4) is 22.7 Å². The lowest BCUT2D eigenvalue weighted by Crippen LogP contribution is -2.52. The third kappa shape index (κ3) is 3.63. The van der Waals surface area contributed by atoms with Crippen molar-refractivity contribution in [2.75, 3.05) is 7.11 Å². The number of fused-ring (bicyclic) bond motifs is 2. The number of carbonyl (C=O) groups excluding carboxylic acids is 3. The zero-order valence-corrected chi connectivity index (χ0v) is 19.0. The standard InChI is InChI=1S/C27H22N4O4/c1-35-21-6-3-16-13-20(5-2-17(16)14-21)31-11-10-23(29-31)18-4-7-22-19(12-18)15-30(27(22)34)24-8-9-25(32)28-26(24)33/h2-7,10-14,24H,8-9,15H2,1H3,(H,28,32,33). The Labute approximate surface area is 201 Å². The summed E-state index contributed by atoms with van der Waals surface area (Å²) < 4.78 is 7.13. The van der Waals surface area contributed by atoms with Gasteiger partial charge in [-0.2, -0.15) is 5.10 Å². The van der Waals surface area contributed by atoms with E-state index < -0.39 is 11.9 Å². The fraction of sp³-hybridized carbons (Fsp3) is 0.185. The predicted molar refractivity (Wildman–Crippen MR) is 129 cm³/mol. The van der Waals surface area contributed by atoms with Crippen LogP contribution in [0.3, 0.4) is 0 Å². The van der Waals surface area contributed by atoms with Crippen molar-refractivity contribution < 1.29 is 19.1 Å². The third-order valence-electron chi connectivity index (χ3n) is 6.70. The molecule has 0 bridgehead atoms. The summed E-state index contributed by atoms with van der Waals surface area (Å²) in [6.07, 6.45) is 2.50. The normalized spacial score (nSPS) is 17.6. The number of carbonyl (C=O) groups is 3. The fourth-order valence-electron chi connectivity index (χ4n) is 4.84. The van der Waals surface area contributed by atoms with Gasteiger partial charge in [0.2, 0.25) is 11.8 Å². The lowest BCUT2D eigenvalue weighted by atomic mass is 10.0. The van der Waals surface area contributed by atoms with Gasteiger partial charge in [0, 0.05) is 30.3 Å². The molecule has 8 nitrogen and oxygen atoms in total. The van der Waals surface area contributed by atoms with Crippen molar-refractivity contribution in [2.45, 2.75) is 25.4 Å². The monoisotopic (exact) mass is 466 g/mol. The maximum atomic E-state index is 12.9. The highest BCUT2D eigenvalue weighted by molar-refractivity contribution is 6.05. The van der Waals surface area contributed by atoms with Gasteiger partial charge < -0.3 is 9.64 Å². The van der Waals surface area contributed by atoms with Gasteiger partial charge in [0.25, 0.3) is 5.91 Å². The van der Waals surface area contributed by atoms with E-state index in [9.17, 15) is 14.4 Å². The molecule has 3 aromatic carbocycles. The zero-order valence-electron chi connectivity index (χ0n) is 19.0. The van der Waals surface area contributed by atoms with Crippen molar-refractivity contribution in [3.63, 3.8) is 0 Å². The number of methoxy groups -OCH3 is 1. The van der Waals surface area contributed by atoms with Gasteiger partial charge in [-0.1, -0.05) is 18.2 Å². The van der Waals surface area contributed by atoms with Crippen LogP contribution in [0.25, 0.3) is 27.7 Å². The Bertz CT molecular complexity index is 1520. The molecule has 6 rings (SSSR count). The van der Waals surface area contributed by atoms with Crippen LogP contribution in [0.2, 0.25) is 0 Å².